The molecule has 2 aliphatic rings. The molecular formula is C12H18N4O4. The molecule has 0 saturated carbocycles. The second kappa shape index (κ2) is 6.02. The summed E-state index contributed by atoms with van der Waals surface area (Å²) in [6.45, 7) is 2.62. The van der Waals surface area contributed by atoms with Crippen molar-refractivity contribution in [2.24, 2.45) is 10.9 Å². The average molecular weight is 282 g/mol. The molecule has 0 spiro atoms. The van der Waals surface area contributed by atoms with E-state index in [0.717, 1.165) is 0 Å². The van der Waals surface area contributed by atoms with Crippen molar-refractivity contribution in [3.05, 3.63) is 12.3 Å². The van der Waals surface area contributed by atoms with Gasteiger partial charge < -0.3 is 20.8 Å². The van der Waals surface area contributed by atoms with E-state index in [1.807, 2.05) is 4.90 Å². The highest BCUT2D eigenvalue weighted by Crippen LogP contribution is 2.29. The molecule has 110 valence electrons. The van der Waals surface area contributed by atoms with Crippen LogP contribution in [-0.4, -0.2) is 65.2 Å². The van der Waals surface area contributed by atoms with Gasteiger partial charge in [-0.2, -0.15) is 0 Å². The lowest BCUT2D eigenvalue weighted by atomic mass is 9.94. The van der Waals surface area contributed by atoms with Crippen LogP contribution in [0.2, 0.25) is 0 Å². The number of aliphatic carboxylic acids is 2. The summed E-state index contributed by atoms with van der Waals surface area (Å²) in [4.78, 5) is 28.7. The lowest BCUT2D eigenvalue weighted by molar-refractivity contribution is -0.156. The molecule has 8 nitrogen and oxygen atoms in total. The van der Waals surface area contributed by atoms with E-state index in [9.17, 15) is 14.7 Å². The van der Waals surface area contributed by atoms with E-state index >= 15 is 0 Å². The van der Waals surface area contributed by atoms with Crippen LogP contribution in [0.5, 0.6) is 0 Å². The summed E-state index contributed by atoms with van der Waals surface area (Å²) in [6.07, 6.45) is 4.28. The second-order valence-electron chi connectivity index (χ2n) is 4.73. The average Bonchev–Trinajstić information content (AvgIpc) is 2.46. The van der Waals surface area contributed by atoms with Gasteiger partial charge in [-0.25, -0.2) is 4.99 Å². The summed E-state index contributed by atoms with van der Waals surface area (Å²) in [5.41, 5.74) is 0. The number of hydrogen-bond donors (Lipinski definition) is 4. The Morgan fingerprint density at radius 2 is 2.05 bits per heavy atom. The molecule has 0 aromatic carbocycles. The quantitative estimate of drug-likeness (QED) is 0.506. The molecule has 0 aromatic rings. The Morgan fingerprint density at radius 1 is 1.35 bits per heavy atom. The van der Waals surface area contributed by atoms with E-state index in [2.05, 4.69) is 15.6 Å². The van der Waals surface area contributed by atoms with Gasteiger partial charge in [-0.3, -0.25) is 14.5 Å². The van der Waals surface area contributed by atoms with Gasteiger partial charge in [-0.1, -0.05) is 0 Å². The van der Waals surface area contributed by atoms with Crippen LogP contribution in [0.15, 0.2) is 17.3 Å². The van der Waals surface area contributed by atoms with Crippen LogP contribution in [0, 0.1) is 5.92 Å². The van der Waals surface area contributed by atoms with Crippen LogP contribution in [0.4, 0.5) is 0 Å². The van der Waals surface area contributed by atoms with E-state index in [-0.39, 0.29) is 0 Å². The summed E-state index contributed by atoms with van der Waals surface area (Å²) in [6, 6.07) is 0. The Balaban J connectivity index is 2.33. The first-order chi connectivity index (χ1) is 9.56. The first-order valence-electron chi connectivity index (χ1n) is 6.44. The zero-order valence-electron chi connectivity index (χ0n) is 11.0. The Hall–Kier alpha value is -1.93. The van der Waals surface area contributed by atoms with Crippen molar-refractivity contribution in [2.75, 3.05) is 26.2 Å². The van der Waals surface area contributed by atoms with Crippen LogP contribution in [0.1, 0.15) is 6.42 Å². The van der Waals surface area contributed by atoms with Gasteiger partial charge in [-0.15, -0.1) is 0 Å². The highest BCUT2D eigenvalue weighted by molar-refractivity contribution is 5.80. The van der Waals surface area contributed by atoms with Gasteiger partial charge in [0.25, 0.3) is 0 Å². The SMILES string of the molecule is O=C(O)CC(C(=O)O)C1(N2CCNCC2)N=CC=CN1. The number of nitrogens with one attached hydrogen (secondary N) is 2. The van der Waals surface area contributed by atoms with Crippen LogP contribution < -0.4 is 10.6 Å². The molecule has 20 heavy (non-hydrogen) atoms. The fraction of sp³-hybridized carbons (Fsp3) is 0.583. The van der Waals surface area contributed by atoms with Crippen LogP contribution >= 0.6 is 0 Å². The number of carboxylic acid groups (broad SMARTS) is 2. The minimum absolute atomic E-state index is 0.489. The van der Waals surface area contributed by atoms with Gasteiger partial charge in [0, 0.05) is 38.6 Å². The zero-order valence-corrected chi connectivity index (χ0v) is 11.0. The highest BCUT2D eigenvalue weighted by atomic mass is 16.4. The third-order valence-electron chi connectivity index (χ3n) is 3.51. The molecule has 0 aromatic heterocycles. The molecule has 4 N–H and O–H groups in total. The number of rotatable bonds is 5. The summed E-state index contributed by atoms with van der Waals surface area (Å²) in [7, 11) is 0. The van der Waals surface area contributed by atoms with Crippen LogP contribution in [-0.2, 0) is 9.59 Å². The van der Waals surface area contributed by atoms with E-state index in [1.54, 1.807) is 12.3 Å². The third kappa shape index (κ3) is 2.81. The smallest absolute Gasteiger partial charge is 0.313 e. The van der Waals surface area contributed by atoms with E-state index in [0.29, 0.717) is 26.2 Å². The van der Waals surface area contributed by atoms with Crippen molar-refractivity contribution < 1.29 is 19.8 Å². The van der Waals surface area contributed by atoms with Crippen molar-refractivity contribution in [1.29, 1.82) is 0 Å². The van der Waals surface area contributed by atoms with Crippen molar-refractivity contribution in [2.45, 2.75) is 12.2 Å². The van der Waals surface area contributed by atoms with Crippen LogP contribution in [0.25, 0.3) is 0 Å². The second-order valence-corrected chi connectivity index (χ2v) is 4.73. The maximum Gasteiger partial charge on any atom is 0.313 e. The number of carbonyl (C=O) groups is 2. The van der Waals surface area contributed by atoms with Gasteiger partial charge in [0.2, 0.25) is 5.79 Å². The molecule has 2 aliphatic heterocycles. The molecule has 2 heterocycles. The Labute approximate surface area is 116 Å². The fourth-order valence-electron chi connectivity index (χ4n) is 2.57. The molecule has 2 atom stereocenters. The topological polar surface area (TPSA) is 114 Å². The molecule has 0 aliphatic carbocycles. The largest absolute Gasteiger partial charge is 0.481 e. The maximum atomic E-state index is 11.5. The first-order valence-corrected chi connectivity index (χ1v) is 6.44. The molecule has 8 heteroatoms. The fourth-order valence-corrected chi connectivity index (χ4v) is 2.57. The third-order valence-corrected chi connectivity index (χ3v) is 3.51. The minimum Gasteiger partial charge on any atom is -0.481 e. The monoisotopic (exact) mass is 282 g/mol. The molecule has 2 rings (SSSR count). The zero-order chi connectivity index (χ0) is 14.6. The Morgan fingerprint density at radius 3 is 2.55 bits per heavy atom. The number of aliphatic imine (C=N–C) groups is 1. The molecular weight excluding hydrogens is 264 g/mol. The lowest BCUT2D eigenvalue weighted by Gasteiger charge is -2.46. The summed E-state index contributed by atoms with van der Waals surface area (Å²) in [5.74, 6) is -4.73. The molecule has 2 unspecified atom stereocenters. The van der Waals surface area contributed by atoms with E-state index in [1.165, 1.54) is 6.21 Å². The van der Waals surface area contributed by atoms with Gasteiger partial charge in [0.1, 0.15) is 5.92 Å². The van der Waals surface area contributed by atoms with Crippen LogP contribution in [0.3, 0.4) is 0 Å². The predicted octanol–water partition coefficient (Wildman–Crippen LogP) is -1.09. The number of nitrogens with zero attached hydrogens (tertiary/aromatic N) is 2. The van der Waals surface area contributed by atoms with Gasteiger partial charge in [-0.05, 0) is 6.08 Å². The normalized spacial score (nSPS) is 27.8. The summed E-state index contributed by atoms with van der Waals surface area (Å²) >= 11 is 0. The van der Waals surface area contributed by atoms with Crippen molar-refractivity contribution in [3.8, 4) is 0 Å². The Kier molecular flexibility index (Phi) is 4.35. The molecule has 1 saturated heterocycles. The predicted molar refractivity (Wildman–Crippen MR) is 71.3 cm³/mol. The van der Waals surface area contributed by atoms with E-state index < -0.39 is 30.1 Å². The Bertz CT molecular complexity index is 445. The summed E-state index contributed by atoms with van der Waals surface area (Å²) < 4.78 is 0. The number of hydrogen-bond acceptors (Lipinski definition) is 6. The highest BCUT2D eigenvalue weighted by Gasteiger charge is 2.49. The standard InChI is InChI=1S/C12H18N4O4/c17-10(18)8-9(11(19)20)12(14-2-1-3-15-12)16-6-4-13-5-7-16/h1-3,9,13-14H,4-8H2,(H,17,18)(H,19,20). The van der Waals surface area contributed by atoms with Gasteiger partial charge in [0.15, 0.2) is 0 Å². The number of allylic oxidation sites excluding steroid dienone is 1. The van der Waals surface area contributed by atoms with Gasteiger partial charge >= 0.3 is 11.9 Å². The molecule has 0 amide bonds. The first kappa shape index (κ1) is 14.5. The van der Waals surface area contributed by atoms with E-state index in [4.69, 9.17) is 5.11 Å². The lowest BCUT2D eigenvalue weighted by Crippen LogP contribution is -2.67. The summed E-state index contributed by atoms with van der Waals surface area (Å²) in [5, 5.41) is 24.6. The van der Waals surface area contributed by atoms with Gasteiger partial charge in [0.05, 0.1) is 6.42 Å². The van der Waals surface area contributed by atoms with Crippen molar-refractivity contribution in [1.82, 2.24) is 15.5 Å². The molecule has 0 bridgehead atoms. The van der Waals surface area contributed by atoms with Crippen molar-refractivity contribution >= 4 is 18.2 Å². The minimum atomic E-state index is -1.24. The molecule has 1 fully saturated rings. The number of piperazine rings is 1. The maximum absolute atomic E-state index is 11.5. The van der Waals surface area contributed by atoms with Crippen molar-refractivity contribution in [3.63, 3.8) is 0 Å². The molecule has 0 radical (unpaired) electrons. The number of carboxylic acids is 2.